The minimum absolute atomic E-state index is 0.0822. The highest BCUT2D eigenvalue weighted by Gasteiger charge is 2.24. The molecule has 1 N–H and O–H groups in total. The highest BCUT2D eigenvalue weighted by Crippen LogP contribution is 2.26. The van der Waals surface area contributed by atoms with Crippen molar-refractivity contribution in [1.29, 1.82) is 0 Å². The molecule has 1 aliphatic rings. The molecule has 2 heteroatoms. The van der Waals surface area contributed by atoms with Crippen LogP contribution in [0.4, 0.5) is 4.39 Å². The topological polar surface area (TPSA) is 12.0 Å². The lowest BCUT2D eigenvalue weighted by Crippen LogP contribution is -2.40. The van der Waals surface area contributed by atoms with Gasteiger partial charge in [-0.2, -0.15) is 0 Å². The van der Waals surface area contributed by atoms with E-state index in [1.165, 1.54) is 18.9 Å². The van der Waals surface area contributed by atoms with Crippen LogP contribution in [0.25, 0.3) is 0 Å². The SMILES string of the molecule is CC1CC(NCCc2ccccc2F)C1. The average molecular weight is 207 g/mol. The monoisotopic (exact) mass is 207 g/mol. The lowest BCUT2D eigenvalue weighted by molar-refractivity contribution is 0.243. The smallest absolute Gasteiger partial charge is 0.126 e. The second-order valence-electron chi connectivity index (χ2n) is 4.57. The molecule has 1 aliphatic carbocycles. The van der Waals surface area contributed by atoms with Crippen molar-refractivity contribution in [2.24, 2.45) is 5.92 Å². The van der Waals surface area contributed by atoms with E-state index in [4.69, 9.17) is 0 Å². The second-order valence-corrected chi connectivity index (χ2v) is 4.57. The minimum Gasteiger partial charge on any atom is -0.314 e. The molecule has 0 saturated heterocycles. The first-order valence-electron chi connectivity index (χ1n) is 5.72. The Kier molecular flexibility index (Phi) is 3.37. The predicted octanol–water partition coefficient (Wildman–Crippen LogP) is 2.76. The van der Waals surface area contributed by atoms with Gasteiger partial charge >= 0.3 is 0 Å². The Morgan fingerprint density at radius 1 is 1.33 bits per heavy atom. The average Bonchev–Trinajstić information content (AvgIpc) is 2.18. The fraction of sp³-hybridized carbons (Fsp3) is 0.538. The third kappa shape index (κ3) is 2.78. The maximum absolute atomic E-state index is 13.2. The van der Waals surface area contributed by atoms with Crippen LogP contribution in [0.3, 0.4) is 0 Å². The summed E-state index contributed by atoms with van der Waals surface area (Å²) in [6.07, 6.45) is 3.34. The lowest BCUT2D eigenvalue weighted by atomic mass is 9.82. The summed E-state index contributed by atoms with van der Waals surface area (Å²) in [6, 6.07) is 7.69. The summed E-state index contributed by atoms with van der Waals surface area (Å²) >= 11 is 0. The zero-order valence-corrected chi connectivity index (χ0v) is 9.17. The Hall–Kier alpha value is -0.890. The highest BCUT2D eigenvalue weighted by molar-refractivity contribution is 5.17. The van der Waals surface area contributed by atoms with Crippen LogP contribution in [0.1, 0.15) is 25.3 Å². The van der Waals surface area contributed by atoms with Crippen LogP contribution in [0.15, 0.2) is 24.3 Å². The van der Waals surface area contributed by atoms with Crippen LogP contribution in [0.5, 0.6) is 0 Å². The van der Waals surface area contributed by atoms with Gasteiger partial charge in [0, 0.05) is 6.04 Å². The standard InChI is InChI=1S/C13H18FN/c1-10-8-12(9-10)15-7-6-11-4-2-3-5-13(11)14/h2-5,10,12,15H,6-9H2,1H3. The van der Waals surface area contributed by atoms with Crippen LogP contribution in [-0.2, 0) is 6.42 Å². The number of halogens is 1. The molecule has 2 rings (SSSR count). The van der Waals surface area contributed by atoms with E-state index in [0.29, 0.717) is 6.04 Å². The maximum Gasteiger partial charge on any atom is 0.126 e. The van der Waals surface area contributed by atoms with Crippen molar-refractivity contribution in [2.75, 3.05) is 6.54 Å². The van der Waals surface area contributed by atoms with E-state index in [-0.39, 0.29) is 5.82 Å². The Balaban J connectivity index is 1.72. The third-order valence-corrected chi connectivity index (χ3v) is 3.16. The molecular formula is C13H18FN. The Bertz CT molecular complexity index is 318. The molecule has 0 heterocycles. The molecule has 0 aliphatic heterocycles. The minimum atomic E-state index is -0.0822. The molecule has 1 nitrogen and oxygen atoms in total. The molecule has 1 aromatic carbocycles. The molecule has 0 unspecified atom stereocenters. The molecule has 0 radical (unpaired) electrons. The molecule has 0 spiro atoms. The first-order chi connectivity index (χ1) is 7.25. The number of hydrogen-bond donors (Lipinski definition) is 1. The van der Waals surface area contributed by atoms with Gasteiger partial charge in [-0.15, -0.1) is 0 Å². The van der Waals surface area contributed by atoms with Gasteiger partial charge < -0.3 is 5.32 Å². The summed E-state index contributed by atoms with van der Waals surface area (Å²) in [7, 11) is 0. The van der Waals surface area contributed by atoms with E-state index in [1.54, 1.807) is 6.07 Å². The van der Waals surface area contributed by atoms with E-state index >= 15 is 0 Å². The number of nitrogens with one attached hydrogen (secondary N) is 1. The maximum atomic E-state index is 13.2. The van der Waals surface area contributed by atoms with E-state index < -0.39 is 0 Å². The van der Waals surface area contributed by atoms with Crippen molar-refractivity contribution in [1.82, 2.24) is 5.32 Å². The van der Waals surface area contributed by atoms with Gasteiger partial charge in [0.05, 0.1) is 0 Å². The highest BCUT2D eigenvalue weighted by atomic mass is 19.1. The number of hydrogen-bond acceptors (Lipinski definition) is 1. The Morgan fingerprint density at radius 3 is 2.73 bits per heavy atom. The van der Waals surface area contributed by atoms with E-state index in [1.807, 2.05) is 12.1 Å². The lowest BCUT2D eigenvalue weighted by Gasteiger charge is -2.33. The van der Waals surface area contributed by atoms with Gasteiger partial charge in [-0.1, -0.05) is 25.1 Å². The van der Waals surface area contributed by atoms with E-state index in [2.05, 4.69) is 12.2 Å². The zero-order chi connectivity index (χ0) is 10.7. The van der Waals surface area contributed by atoms with Crippen molar-refractivity contribution in [3.63, 3.8) is 0 Å². The quantitative estimate of drug-likeness (QED) is 0.800. The first kappa shape index (κ1) is 10.6. The second kappa shape index (κ2) is 4.75. The molecule has 82 valence electrons. The van der Waals surface area contributed by atoms with Crippen molar-refractivity contribution in [2.45, 2.75) is 32.2 Å². The fourth-order valence-corrected chi connectivity index (χ4v) is 2.18. The molecule has 15 heavy (non-hydrogen) atoms. The molecule has 1 saturated carbocycles. The van der Waals surface area contributed by atoms with Gasteiger partial charge in [0.25, 0.3) is 0 Å². The van der Waals surface area contributed by atoms with Crippen molar-refractivity contribution >= 4 is 0 Å². The summed E-state index contributed by atoms with van der Waals surface area (Å²) in [4.78, 5) is 0. The molecule has 0 bridgehead atoms. The van der Waals surface area contributed by atoms with Gasteiger partial charge in [0.1, 0.15) is 5.82 Å². The van der Waals surface area contributed by atoms with Crippen LogP contribution in [0, 0.1) is 11.7 Å². The number of rotatable bonds is 4. The van der Waals surface area contributed by atoms with Crippen LogP contribution in [-0.4, -0.2) is 12.6 Å². The molecular weight excluding hydrogens is 189 g/mol. The first-order valence-corrected chi connectivity index (χ1v) is 5.72. The normalized spacial score (nSPS) is 24.9. The van der Waals surface area contributed by atoms with Crippen molar-refractivity contribution < 1.29 is 4.39 Å². The molecule has 0 atom stereocenters. The van der Waals surface area contributed by atoms with Crippen molar-refractivity contribution in [3.05, 3.63) is 35.6 Å². The summed E-state index contributed by atoms with van der Waals surface area (Å²) in [6.45, 7) is 3.16. The predicted molar refractivity (Wildman–Crippen MR) is 60.3 cm³/mol. The van der Waals surface area contributed by atoms with Gasteiger partial charge in [0.15, 0.2) is 0 Å². The molecule has 1 fully saturated rings. The van der Waals surface area contributed by atoms with Crippen LogP contribution < -0.4 is 5.32 Å². The largest absolute Gasteiger partial charge is 0.314 e. The van der Waals surface area contributed by atoms with Crippen LogP contribution >= 0.6 is 0 Å². The van der Waals surface area contributed by atoms with Gasteiger partial charge in [-0.25, -0.2) is 4.39 Å². The zero-order valence-electron chi connectivity index (χ0n) is 9.17. The Labute approximate surface area is 90.7 Å². The summed E-state index contributed by atoms with van der Waals surface area (Å²) in [5, 5.41) is 3.46. The summed E-state index contributed by atoms with van der Waals surface area (Å²) in [5.41, 5.74) is 0.817. The van der Waals surface area contributed by atoms with E-state index in [9.17, 15) is 4.39 Å². The molecule has 0 aromatic heterocycles. The fourth-order valence-electron chi connectivity index (χ4n) is 2.18. The summed E-state index contributed by atoms with van der Waals surface area (Å²) < 4.78 is 13.2. The summed E-state index contributed by atoms with van der Waals surface area (Å²) in [5.74, 6) is 0.789. The van der Waals surface area contributed by atoms with Gasteiger partial charge in [-0.3, -0.25) is 0 Å². The molecule has 1 aromatic rings. The van der Waals surface area contributed by atoms with E-state index in [0.717, 1.165) is 24.4 Å². The Morgan fingerprint density at radius 2 is 2.07 bits per heavy atom. The van der Waals surface area contributed by atoms with Gasteiger partial charge in [0.2, 0.25) is 0 Å². The van der Waals surface area contributed by atoms with Gasteiger partial charge in [-0.05, 0) is 43.4 Å². The van der Waals surface area contributed by atoms with Crippen molar-refractivity contribution in [3.8, 4) is 0 Å². The molecule has 0 amide bonds. The third-order valence-electron chi connectivity index (χ3n) is 3.16. The number of benzene rings is 1. The van der Waals surface area contributed by atoms with Crippen LogP contribution in [0.2, 0.25) is 0 Å².